The van der Waals surface area contributed by atoms with Crippen molar-refractivity contribution >= 4 is 6.09 Å². The van der Waals surface area contributed by atoms with Gasteiger partial charge in [-0.1, -0.05) is 53.9 Å². The van der Waals surface area contributed by atoms with Crippen molar-refractivity contribution in [2.45, 2.75) is 124 Å². The number of aliphatic hydroxyl groups is 2. The molecule has 0 saturated heterocycles. The highest BCUT2D eigenvalue weighted by Crippen LogP contribution is 2.69. The second-order valence-corrected chi connectivity index (χ2v) is 13.7. The first kappa shape index (κ1) is 28.2. The van der Waals surface area contributed by atoms with Crippen molar-refractivity contribution in [2.75, 3.05) is 13.2 Å². The molecule has 0 aromatic rings. The normalized spacial score (nSPS) is 44.8. The van der Waals surface area contributed by atoms with E-state index in [9.17, 15) is 15.0 Å². The minimum absolute atomic E-state index is 0.188. The Kier molecular flexibility index (Phi) is 9.02. The number of alkyl carbamates (subject to hydrolysis) is 1. The van der Waals surface area contributed by atoms with Gasteiger partial charge >= 0.3 is 6.09 Å². The maximum Gasteiger partial charge on any atom is 0.407 e. The third-order valence-corrected chi connectivity index (χ3v) is 12.0. The first-order chi connectivity index (χ1) is 17.2. The number of hydrogen-bond donors (Lipinski definition) is 3. The Labute approximate surface area is 220 Å². The molecule has 36 heavy (non-hydrogen) atoms. The van der Waals surface area contributed by atoms with Crippen LogP contribution in [0.15, 0.2) is 0 Å². The van der Waals surface area contributed by atoms with Gasteiger partial charge in [-0.3, -0.25) is 0 Å². The molecule has 1 amide bonds. The van der Waals surface area contributed by atoms with Crippen LogP contribution in [0, 0.1) is 52.3 Å². The summed E-state index contributed by atoms with van der Waals surface area (Å²) in [4.78, 5) is 12.0. The van der Waals surface area contributed by atoms with Gasteiger partial charge in [0.25, 0.3) is 0 Å². The van der Waals surface area contributed by atoms with E-state index in [1.165, 1.54) is 25.7 Å². The summed E-state index contributed by atoms with van der Waals surface area (Å²) in [5, 5.41) is 25.2. The Morgan fingerprint density at radius 1 is 1.00 bits per heavy atom. The van der Waals surface area contributed by atoms with Crippen molar-refractivity contribution in [1.29, 1.82) is 0 Å². The number of fused-ring (bicyclic) bond motifs is 5. The molecular formula is C31H55NO4. The van der Waals surface area contributed by atoms with Crippen molar-refractivity contribution in [3.05, 3.63) is 0 Å². The molecule has 4 rings (SSSR count). The summed E-state index contributed by atoms with van der Waals surface area (Å²) in [5.74, 6) is 3.47. The number of amides is 1. The molecule has 4 aliphatic rings. The number of aliphatic hydroxyl groups excluding tert-OH is 2. The minimum atomic E-state index is -0.273. The molecule has 0 aliphatic heterocycles. The number of hydrogen-bond acceptors (Lipinski definition) is 4. The van der Waals surface area contributed by atoms with Crippen molar-refractivity contribution in [1.82, 2.24) is 5.32 Å². The molecule has 5 nitrogen and oxygen atoms in total. The summed E-state index contributed by atoms with van der Waals surface area (Å²) >= 11 is 0. The molecule has 4 aliphatic carbocycles. The van der Waals surface area contributed by atoms with Crippen LogP contribution >= 0.6 is 0 Å². The van der Waals surface area contributed by atoms with Crippen LogP contribution < -0.4 is 5.32 Å². The zero-order chi connectivity index (χ0) is 26.1. The maximum absolute atomic E-state index is 12.0. The predicted octanol–water partition coefficient (Wildman–Crippen LogP) is 6.56. The number of carbonyl (C=O) groups excluding carboxylic acids is 1. The van der Waals surface area contributed by atoms with Crippen LogP contribution in [-0.2, 0) is 4.74 Å². The molecule has 0 radical (unpaired) electrons. The molecule has 3 unspecified atom stereocenters. The quantitative estimate of drug-likeness (QED) is 0.310. The lowest BCUT2D eigenvalue weighted by Gasteiger charge is -2.64. The zero-order valence-electron chi connectivity index (χ0n) is 23.8. The van der Waals surface area contributed by atoms with Gasteiger partial charge in [-0.25, -0.2) is 4.79 Å². The van der Waals surface area contributed by atoms with E-state index in [4.69, 9.17) is 4.74 Å². The van der Waals surface area contributed by atoms with Crippen LogP contribution in [0.2, 0.25) is 0 Å². The topological polar surface area (TPSA) is 78.8 Å². The van der Waals surface area contributed by atoms with E-state index < -0.39 is 0 Å². The Balaban J connectivity index is 1.40. The Hall–Kier alpha value is -0.810. The summed E-state index contributed by atoms with van der Waals surface area (Å²) in [6.07, 6.45) is 12.4. The van der Waals surface area contributed by atoms with Crippen LogP contribution in [0.1, 0.15) is 112 Å². The van der Waals surface area contributed by atoms with E-state index in [1.807, 2.05) is 0 Å². The predicted molar refractivity (Wildman–Crippen MR) is 144 cm³/mol. The van der Waals surface area contributed by atoms with Gasteiger partial charge in [-0.05, 0) is 110 Å². The summed E-state index contributed by atoms with van der Waals surface area (Å²) in [7, 11) is 0. The van der Waals surface area contributed by atoms with Crippen LogP contribution in [0.3, 0.4) is 0 Å². The molecule has 4 saturated carbocycles. The molecule has 0 bridgehead atoms. The van der Waals surface area contributed by atoms with E-state index in [1.54, 1.807) is 0 Å². The van der Waals surface area contributed by atoms with Gasteiger partial charge in [0.1, 0.15) is 0 Å². The van der Waals surface area contributed by atoms with E-state index in [-0.39, 0.29) is 29.1 Å². The van der Waals surface area contributed by atoms with Gasteiger partial charge in [0, 0.05) is 6.54 Å². The summed E-state index contributed by atoms with van der Waals surface area (Å²) in [5.41, 5.74) is 0.521. The second-order valence-electron chi connectivity index (χ2n) is 13.7. The molecule has 11 atom stereocenters. The highest BCUT2D eigenvalue weighted by Gasteiger charge is 2.64. The summed E-state index contributed by atoms with van der Waals surface area (Å²) in [6.45, 7) is 13.0. The van der Waals surface area contributed by atoms with Gasteiger partial charge < -0.3 is 20.3 Å². The molecule has 5 heteroatoms. The second kappa shape index (κ2) is 11.5. The van der Waals surface area contributed by atoms with Crippen LogP contribution in [0.5, 0.6) is 0 Å². The fourth-order valence-corrected chi connectivity index (χ4v) is 10.1. The van der Waals surface area contributed by atoms with E-state index in [0.717, 1.165) is 51.4 Å². The van der Waals surface area contributed by atoms with Gasteiger partial charge in [0.15, 0.2) is 0 Å². The highest BCUT2D eigenvalue weighted by molar-refractivity contribution is 5.66. The number of ether oxygens (including phenoxy) is 1. The molecule has 3 N–H and O–H groups in total. The molecule has 208 valence electrons. The number of unbranched alkanes of at least 4 members (excludes halogenated alkanes) is 2. The summed E-state index contributed by atoms with van der Waals surface area (Å²) in [6, 6.07) is 0. The van der Waals surface area contributed by atoms with Crippen LogP contribution in [0.25, 0.3) is 0 Å². The smallest absolute Gasteiger partial charge is 0.407 e. The first-order valence-electron chi connectivity index (χ1n) is 15.4. The monoisotopic (exact) mass is 505 g/mol. The average molecular weight is 506 g/mol. The standard InChI is InChI=1S/C31H55NO4/c1-6-8-9-17-32-29(35)36-18-14-20(3)23-10-11-24-27-25(13-16-30(23,24)4)31(5)15-12-21(33)19-26(31)22(7-2)28(27)34/h20-28,33-34H,6-19H2,1-5H3,(H,32,35)/t20-,21-,22-,23-,24+,25+,26+,27?,28-,30?,31?/m1/s1. The lowest BCUT2D eigenvalue weighted by atomic mass is 9.41. The van der Waals surface area contributed by atoms with Crippen LogP contribution in [-0.4, -0.2) is 41.7 Å². The van der Waals surface area contributed by atoms with Gasteiger partial charge in [-0.2, -0.15) is 0 Å². The number of rotatable bonds is 9. The zero-order valence-corrected chi connectivity index (χ0v) is 23.8. The molecule has 0 aromatic carbocycles. The lowest BCUT2D eigenvalue weighted by Crippen LogP contribution is -2.62. The Morgan fingerprint density at radius 2 is 1.72 bits per heavy atom. The minimum Gasteiger partial charge on any atom is -0.450 e. The SMILES string of the molecule is CCCCCNC(=O)OCC[C@@H](C)[C@H]1CC[C@H]2C3[C@H](O)[C@H](CC)[C@@H]4C[C@H](O)CCC4(C)[C@H]3CCC12C. The maximum atomic E-state index is 12.0. The number of nitrogens with one attached hydrogen (secondary N) is 1. The fourth-order valence-electron chi connectivity index (χ4n) is 10.1. The van der Waals surface area contributed by atoms with Crippen molar-refractivity contribution in [3.63, 3.8) is 0 Å². The summed E-state index contributed by atoms with van der Waals surface area (Å²) < 4.78 is 5.52. The van der Waals surface area contributed by atoms with Gasteiger partial charge in [-0.15, -0.1) is 0 Å². The first-order valence-corrected chi connectivity index (χ1v) is 15.4. The third-order valence-electron chi connectivity index (χ3n) is 12.0. The van der Waals surface area contributed by atoms with Crippen molar-refractivity contribution in [3.8, 4) is 0 Å². The highest BCUT2D eigenvalue weighted by atomic mass is 16.5. The van der Waals surface area contributed by atoms with Crippen molar-refractivity contribution in [2.24, 2.45) is 52.3 Å². The van der Waals surface area contributed by atoms with Gasteiger partial charge in [0.05, 0.1) is 18.8 Å². The third kappa shape index (κ3) is 5.09. The van der Waals surface area contributed by atoms with E-state index >= 15 is 0 Å². The van der Waals surface area contributed by atoms with Crippen LogP contribution in [0.4, 0.5) is 4.79 Å². The number of carbonyl (C=O) groups is 1. The molecular weight excluding hydrogens is 450 g/mol. The Bertz CT molecular complexity index is 744. The average Bonchev–Trinajstić information content (AvgIpc) is 3.20. The van der Waals surface area contributed by atoms with Gasteiger partial charge in [0.2, 0.25) is 0 Å². The Morgan fingerprint density at radius 3 is 2.44 bits per heavy atom. The van der Waals surface area contributed by atoms with Crippen molar-refractivity contribution < 1.29 is 19.7 Å². The molecule has 0 heterocycles. The fraction of sp³-hybridized carbons (Fsp3) is 0.968. The van der Waals surface area contributed by atoms with E-state index in [2.05, 4.69) is 39.9 Å². The van der Waals surface area contributed by atoms with E-state index in [0.29, 0.717) is 54.6 Å². The lowest BCUT2D eigenvalue weighted by molar-refractivity contribution is -0.203. The molecule has 4 fully saturated rings. The molecule has 0 aromatic heterocycles. The molecule has 0 spiro atoms. The largest absolute Gasteiger partial charge is 0.450 e.